The molecule has 0 aliphatic carbocycles. The summed E-state index contributed by atoms with van der Waals surface area (Å²) in [6.07, 6.45) is 0. The van der Waals surface area contributed by atoms with Gasteiger partial charge < -0.3 is 15.4 Å². The summed E-state index contributed by atoms with van der Waals surface area (Å²) in [5.74, 6) is 0.342. The van der Waals surface area contributed by atoms with Gasteiger partial charge in [0.05, 0.1) is 25.5 Å². The number of hydrogen-bond acceptors (Lipinski definition) is 4. The molecule has 0 aromatic rings. The molecule has 3 N–H and O–H groups in total. The van der Waals surface area contributed by atoms with E-state index >= 15 is 0 Å². The summed E-state index contributed by atoms with van der Waals surface area (Å²) in [6.45, 7) is 6.39. The van der Waals surface area contributed by atoms with Crippen LogP contribution in [0.2, 0.25) is 0 Å². The molecule has 0 amide bonds. The fraction of sp³-hybridized carbons (Fsp3) is 0.900. The van der Waals surface area contributed by atoms with Crippen molar-refractivity contribution in [3.05, 3.63) is 0 Å². The van der Waals surface area contributed by atoms with Gasteiger partial charge >= 0.3 is 0 Å². The average Bonchev–Trinajstić information content (AvgIpc) is 2.28. The Morgan fingerprint density at radius 1 is 1.44 bits per heavy atom. The second-order valence-corrected chi connectivity index (χ2v) is 6.30. The van der Waals surface area contributed by atoms with Crippen LogP contribution in [0, 0.1) is 0 Å². The Hall–Kier alpha value is -0.860. The summed E-state index contributed by atoms with van der Waals surface area (Å²) in [6, 6.07) is -0.101. The number of guanidine groups is 1. The van der Waals surface area contributed by atoms with Crippen molar-refractivity contribution in [1.82, 2.24) is 9.62 Å². The van der Waals surface area contributed by atoms with Crippen LogP contribution < -0.4 is 10.5 Å². The van der Waals surface area contributed by atoms with Gasteiger partial charge in [0.25, 0.3) is 0 Å². The van der Waals surface area contributed by atoms with E-state index in [0.717, 1.165) is 0 Å². The van der Waals surface area contributed by atoms with Gasteiger partial charge in [0, 0.05) is 19.1 Å². The Morgan fingerprint density at radius 2 is 2.06 bits per heavy atom. The zero-order valence-electron chi connectivity index (χ0n) is 10.9. The molecule has 1 fully saturated rings. The van der Waals surface area contributed by atoms with Crippen LogP contribution in [-0.2, 0) is 14.8 Å². The minimum absolute atomic E-state index is 0.0454. The number of sulfonamides is 1. The maximum atomic E-state index is 11.5. The van der Waals surface area contributed by atoms with Gasteiger partial charge in [0.2, 0.25) is 10.0 Å². The van der Waals surface area contributed by atoms with Crippen molar-refractivity contribution in [2.75, 3.05) is 38.6 Å². The van der Waals surface area contributed by atoms with Gasteiger partial charge in [-0.2, -0.15) is 0 Å². The van der Waals surface area contributed by atoms with Crippen LogP contribution in [0.4, 0.5) is 0 Å². The van der Waals surface area contributed by atoms with Crippen LogP contribution in [0.5, 0.6) is 0 Å². The molecular formula is C10H22N4O3S. The van der Waals surface area contributed by atoms with Crippen LogP contribution in [0.15, 0.2) is 4.99 Å². The van der Waals surface area contributed by atoms with E-state index in [0.29, 0.717) is 32.3 Å². The molecule has 7 nitrogen and oxygen atoms in total. The van der Waals surface area contributed by atoms with Crippen LogP contribution in [-0.4, -0.2) is 63.9 Å². The molecule has 0 spiro atoms. The number of hydrogen-bond donors (Lipinski definition) is 2. The molecule has 106 valence electrons. The highest BCUT2D eigenvalue weighted by Crippen LogP contribution is 1.96. The summed E-state index contributed by atoms with van der Waals surface area (Å²) in [5, 5.41) is 0. The number of rotatable bonds is 5. The number of nitrogens with zero attached hydrogens (tertiary/aromatic N) is 2. The smallest absolute Gasteiger partial charge is 0.213 e. The molecule has 1 saturated heterocycles. The minimum atomic E-state index is -3.26. The third-order valence-corrected chi connectivity index (χ3v) is 3.93. The van der Waals surface area contributed by atoms with Crippen LogP contribution in [0.25, 0.3) is 0 Å². The predicted molar refractivity (Wildman–Crippen MR) is 70.9 cm³/mol. The molecule has 18 heavy (non-hydrogen) atoms. The molecule has 1 rings (SSSR count). The van der Waals surface area contributed by atoms with Crippen molar-refractivity contribution in [1.29, 1.82) is 0 Å². The second kappa shape index (κ2) is 6.91. The second-order valence-electron chi connectivity index (χ2n) is 4.43. The van der Waals surface area contributed by atoms with E-state index < -0.39 is 10.0 Å². The van der Waals surface area contributed by atoms with Crippen molar-refractivity contribution in [2.24, 2.45) is 10.7 Å². The Bertz CT molecular complexity index is 375. The topological polar surface area (TPSA) is 97.0 Å². The van der Waals surface area contributed by atoms with E-state index in [4.69, 9.17) is 10.5 Å². The Labute approximate surface area is 108 Å². The summed E-state index contributed by atoms with van der Waals surface area (Å²) < 4.78 is 30.8. The molecule has 0 aromatic heterocycles. The maximum absolute atomic E-state index is 11.5. The number of morpholine rings is 1. The number of ether oxygens (including phenoxy) is 1. The number of nitrogens with two attached hydrogens (primary N) is 1. The summed E-state index contributed by atoms with van der Waals surface area (Å²) >= 11 is 0. The molecule has 0 radical (unpaired) electrons. The zero-order valence-corrected chi connectivity index (χ0v) is 11.7. The molecule has 0 unspecified atom stereocenters. The Kier molecular flexibility index (Phi) is 5.83. The van der Waals surface area contributed by atoms with E-state index in [1.54, 1.807) is 13.8 Å². The molecule has 1 heterocycles. The van der Waals surface area contributed by atoms with Crippen molar-refractivity contribution >= 4 is 16.0 Å². The maximum Gasteiger partial charge on any atom is 0.213 e. The third kappa shape index (κ3) is 5.65. The van der Waals surface area contributed by atoms with Gasteiger partial charge in [-0.15, -0.1) is 0 Å². The first-order valence-electron chi connectivity index (χ1n) is 6.03. The van der Waals surface area contributed by atoms with E-state index in [2.05, 4.69) is 9.71 Å². The van der Waals surface area contributed by atoms with E-state index in [1.807, 2.05) is 4.90 Å². The van der Waals surface area contributed by atoms with Crippen molar-refractivity contribution in [3.63, 3.8) is 0 Å². The summed E-state index contributed by atoms with van der Waals surface area (Å²) in [7, 11) is -3.26. The summed E-state index contributed by atoms with van der Waals surface area (Å²) in [4.78, 5) is 5.98. The first kappa shape index (κ1) is 15.2. The number of aliphatic imine (C=N–C) groups is 1. The minimum Gasteiger partial charge on any atom is -0.378 e. The van der Waals surface area contributed by atoms with Gasteiger partial charge in [-0.1, -0.05) is 0 Å². The lowest BCUT2D eigenvalue weighted by Gasteiger charge is -2.27. The molecule has 0 saturated carbocycles. The predicted octanol–water partition coefficient (Wildman–Crippen LogP) is -1.04. The molecule has 1 aliphatic heterocycles. The average molecular weight is 278 g/mol. The quantitative estimate of drug-likeness (QED) is 0.494. The first-order chi connectivity index (χ1) is 8.41. The molecule has 0 aromatic carbocycles. The van der Waals surface area contributed by atoms with E-state index in [1.165, 1.54) is 0 Å². The van der Waals surface area contributed by atoms with Gasteiger partial charge in [-0.05, 0) is 13.8 Å². The molecule has 0 bridgehead atoms. The molecule has 0 atom stereocenters. The summed E-state index contributed by atoms with van der Waals surface area (Å²) in [5.41, 5.74) is 5.78. The zero-order chi connectivity index (χ0) is 13.6. The standard InChI is InChI=1S/C10H22N4O3S/c1-9(2)13-18(15,16)8-3-12-10(11)14-4-6-17-7-5-14/h9,13H,3-8H2,1-2H3,(H2,11,12). The monoisotopic (exact) mass is 278 g/mol. The lowest BCUT2D eigenvalue weighted by atomic mass is 10.4. The van der Waals surface area contributed by atoms with Gasteiger partial charge in [-0.3, -0.25) is 4.99 Å². The van der Waals surface area contributed by atoms with Crippen LogP contribution in [0.3, 0.4) is 0 Å². The van der Waals surface area contributed by atoms with Crippen molar-refractivity contribution in [3.8, 4) is 0 Å². The highest BCUT2D eigenvalue weighted by Gasteiger charge is 2.14. The fourth-order valence-corrected chi connectivity index (χ4v) is 2.76. The molecule has 1 aliphatic rings. The highest BCUT2D eigenvalue weighted by molar-refractivity contribution is 7.89. The van der Waals surface area contributed by atoms with Crippen molar-refractivity contribution < 1.29 is 13.2 Å². The lowest BCUT2D eigenvalue weighted by molar-refractivity contribution is 0.0674. The Morgan fingerprint density at radius 3 is 2.61 bits per heavy atom. The molecular weight excluding hydrogens is 256 g/mol. The third-order valence-electron chi connectivity index (χ3n) is 2.38. The van der Waals surface area contributed by atoms with Crippen molar-refractivity contribution in [2.45, 2.75) is 19.9 Å². The van der Waals surface area contributed by atoms with E-state index in [-0.39, 0.29) is 18.3 Å². The SMILES string of the molecule is CC(C)NS(=O)(=O)CCN=C(N)N1CCOCC1. The van der Waals surface area contributed by atoms with E-state index in [9.17, 15) is 8.42 Å². The first-order valence-corrected chi connectivity index (χ1v) is 7.68. The highest BCUT2D eigenvalue weighted by atomic mass is 32.2. The van der Waals surface area contributed by atoms with Crippen LogP contribution >= 0.6 is 0 Å². The Balaban J connectivity index is 2.39. The largest absolute Gasteiger partial charge is 0.378 e. The normalized spacial score (nSPS) is 18.4. The van der Waals surface area contributed by atoms with Gasteiger partial charge in [0.15, 0.2) is 5.96 Å². The van der Waals surface area contributed by atoms with Gasteiger partial charge in [0.1, 0.15) is 0 Å². The lowest BCUT2D eigenvalue weighted by Crippen LogP contribution is -2.45. The van der Waals surface area contributed by atoms with Crippen LogP contribution in [0.1, 0.15) is 13.8 Å². The van der Waals surface area contributed by atoms with Gasteiger partial charge in [-0.25, -0.2) is 13.1 Å². The molecule has 8 heteroatoms. The fourth-order valence-electron chi connectivity index (χ4n) is 1.59. The number of nitrogens with one attached hydrogen (secondary N) is 1.